The molecule has 5 heteroatoms. The van der Waals surface area contributed by atoms with Crippen molar-refractivity contribution in [1.29, 1.82) is 0 Å². The fourth-order valence-electron chi connectivity index (χ4n) is 0.118. The maximum atomic E-state index is 9.88. The molecule has 4 nitrogen and oxygen atoms in total. The standard InChI is InChI=1S/4CHO.Co.H/c4*1-2;;/h4*1H;;. The Kier molecular flexibility index (Phi) is 2.96. The van der Waals surface area contributed by atoms with Gasteiger partial charge in [0.05, 0.1) is 0 Å². The molecule has 0 aromatic rings. The van der Waals surface area contributed by atoms with Gasteiger partial charge in [-0.25, -0.2) is 0 Å². The van der Waals surface area contributed by atoms with Crippen LogP contribution in [0.5, 0.6) is 0 Å². The van der Waals surface area contributed by atoms with E-state index in [1.807, 2.05) is 0 Å². The summed E-state index contributed by atoms with van der Waals surface area (Å²) in [6.45, 7) is 0. The van der Waals surface area contributed by atoms with Gasteiger partial charge in [0.25, 0.3) is 0 Å². The minimum absolute atomic E-state index is 0.125. The second-order valence-electron chi connectivity index (χ2n) is 1.04. The van der Waals surface area contributed by atoms with Crippen LogP contribution in [0.25, 0.3) is 0 Å². The number of carbonyl (C=O) groups is 4. The first-order valence-corrected chi connectivity index (χ1v) is 4.31. The second kappa shape index (κ2) is 3.26. The van der Waals surface area contributed by atoms with Crippen molar-refractivity contribution in [3.05, 3.63) is 0 Å². The topological polar surface area (TPSA) is 68.3 Å². The molecular formula is C4H5CoO4. The molecule has 0 aromatic heterocycles. The van der Waals surface area contributed by atoms with E-state index in [2.05, 4.69) is 0 Å². The van der Waals surface area contributed by atoms with Crippen molar-refractivity contribution < 1.29 is 31.8 Å². The first kappa shape index (κ1) is 8.19. The van der Waals surface area contributed by atoms with Crippen LogP contribution in [-0.2, 0) is 31.8 Å². The van der Waals surface area contributed by atoms with Gasteiger partial charge in [0, 0.05) is 0 Å². The van der Waals surface area contributed by atoms with Gasteiger partial charge < -0.3 is 0 Å². The number of carbonyl (C=O) groups excluding carboxylic acids is 4. The zero-order valence-corrected chi connectivity index (χ0v) is 5.40. The van der Waals surface area contributed by atoms with Crippen LogP contribution in [0, 0.1) is 0 Å². The summed E-state index contributed by atoms with van der Waals surface area (Å²) >= 11 is -3.28. The van der Waals surface area contributed by atoms with E-state index in [0.717, 1.165) is 0 Å². The summed E-state index contributed by atoms with van der Waals surface area (Å²) in [6, 6.07) is 0. The third-order valence-corrected chi connectivity index (χ3v) is 2.38. The summed E-state index contributed by atoms with van der Waals surface area (Å²) in [4.78, 5) is 39.5. The van der Waals surface area contributed by atoms with Crippen molar-refractivity contribution in [2.24, 2.45) is 0 Å². The molecule has 0 aromatic carbocycles. The van der Waals surface area contributed by atoms with Crippen molar-refractivity contribution in [1.82, 2.24) is 0 Å². The predicted molar refractivity (Wildman–Crippen MR) is 28.4 cm³/mol. The quantitative estimate of drug-likeness (QED) is 0.495. The molecule has 0 saturated heterocycles. The van der Waals surface area contributed by atoms with Gasteiger partial charge >= 0.3 is 52.7 Å². The fraction of sp³-hybridized carbons (Fsp3) is 0. The molecule has 0 atom stereocenters. The van der Waals surface area contributed by atoms with Crippen LogP contribution in [0.1, 0.15) is 0 Å². The molecule has 0 fully saturated rings. The van der Waals surface area contributed by atoms with E-state index < -0.39 is 12.6 Å². The van der Waals surface area contributed by atoms with E-state index in [0.29, 0.717) is 0 Å². The fourth-order valence-corrected chi connectivity index (χ4v) is 0.486. The Morgan fingerprint density at radius 1 is 0.667 bits per heavy atom. The molecule has 0 aliphatic rings. The first-order valence-electron chi connectivity index (χ1n) is 1.76. The predicted octanol–water partition coefficient (Wildman–Crippen LogP) is -1.37. The van der Waals surface area contributed by atoms with Gasteiger partial charge in [0.1, 0.15) is 0 Å². The molecule has 0 bridgehead atoms. The van der Waals surface area contributed by atoms with Gasteiger partial charge in [-0.05, 0) is 0 Å². The van der Waals surface area contributed by atoms with Crippen LogP contribution in [0.15, 0.2) is 0 Å². The molecule has 0 N–H and O–H groups in total. The summed E-state index contributed by atoms with van der Waals surface area (Å²) in [7, 11) is 0. The van der Waals surface area contributed by atoms with Crippen LogP contribution >= 0.6 is 0 Å². The average Bonchev–Trinajstić information content (AvgIpc) is 1.95. The Labute approximate surface area is 53.4 Å². The SMILES string of the molecule is O=[CH][CoH]([CH]=O)([CH]=O)[CH]=O. The van der Waals surface area contributed by atoms with Crippen LogP contribution in [0.3, 0.4) is 0 Å². The molecule has 0 spiro atoms. The first-order chi connectivity index (χ1) is 4.24. The Morgan fingerprint density at radius 2 is 0.889 bits per heavy atom. The van der Waals surface area contributed by atoms with Crippen LogP contribution < -0.4 is 0 Å². The summed E-state index contributed by atoms with van der Waals surface area (Å²) in [6.07, 6.45) is 0. The molecule has 0 radical (unpaired) electrons. The molecule has 54 valence electrons. The molecular weight excluding hydrogens is 171 g/mol. The Morgan fingerprint density at radius 3 is 0.889 bits per heavy atom. The van der Waals surface area contributed by atoms with Gasteiger partial charge in [0.15, 0.2) is 0 Å². The van der Waals surface area contributed by atoms with Gasteiger partial charge in [-0.15, -0.1) is 0 Å². The van der Waals surface area contributed by atoms with Gasteiger partial charge in [-0.2, -0.15) is 0 Å². The molecule has 0 unspecified atom stereocenters. The Hall–Kier alpha value is -0.814. The van der Waals surface area contributed by atoms with E-state index >= 15 is 0 Å². The zero-order valence-electron chi connectivity index (χ0n) is 4.30. The monoisotopic (exact) mass is 176 g/mol. The van der Waals surface area contributed by atoms with E-state index in [-0.39, 0.29) is 20.9 Å². The minimum atomic E-state index is -3.28. The van der Waals surface area contributed by atoms with Crippen LogP contribution in [0.2, 0.25) is 0 Å². The summed E-state index contributed by atoms with van der Waals surface area (Å²) in [5, 5.41) is 0.500. The van der Waals surface area contributed by atoms with Crippen molar-refractivity contribution in [2.75, 3.05) is 0 Å². The van der Waals surface area contributed by atoms with Gasteiger partial charge in [0.2, 0.25) is 0 Å². The number of hydrogen-bond acceptors (Lipinski definition) is 4. The Balaban J connectivity index is 4.53. The van der Waals surface area contributed by atoms with Crippen molar-refractivity contribution in [3.8, 4) is 0 Å². The Bertz CT molecular complexity index is 115. The zero-order chi connectivity index (χ0) is 7.33. The van der Waals surface area contributed by atoms with E-state index in [1.54, 1.807) is 0 Å². The summed E-state index contributed by atoms with van der Waals surface area (Å²) in [5.41, 5.74) is 0. The molecule has 0 aliphatic heterocycles. The molecule has 0 amide bonds. The third-order valence-electron chi connectivity index (χ3n) is 0.577. The number of hydrogen-bond donors (Lipinski definition) is 0. The van der Waals surface area contributed by atoms with Crippen molar-refractivity contribution in [3.63, 3.8) is 0 Å². The summed E-state index contributed by atoms with van der Waals surface area (Å²) in [5.74, 6) is 0. The average molecular weight is 176 g/mol. The van der Waals surface area contributed by atoms with Crippen LogP contribution in [0.4, 0.5) is 0 Å². The molecule has 0 saturated carbocycles. The third kappa shape index (κ3) is 1.54. The molecule has 0 aliphatic carbocycles. The molecule has 0 heterocycles. The van der Waals surface area contributed by atoms with E-state index in [1.165, 1.54) is 0 Å². The van der Waals surface area contributed by atoms with E-state index in [9.17, 15) is 19.2 Å². The van der Waals surface area contributed by atoms with Gasteiger partial charge in [-0.3, -0.25) is 0 Å². The number of rotatable bonds is 4. The van der Waals surface area contributed by atoms with Crippen molar-refractivity contribution >= 4 is 20.9 Å². The maximum absolute atomic E-state index is 9.88. The molecule has 0 rings (SSSR count). The normalized spacial score (nSPS) is 11.6. The summed E-state index contributed by atoms with van der Waals surface area (Å²) < 4.78 is 0. The van der Waals surface area contributed by atoms with Crippen LogP contribution in [-0.4, -0.2) is 20.9 Å². The second-order valence-corrected chi connectivity index (χ2v) is 4.29. The molecule has 9 heavy (non-hydrogen) atoms. The van der Waals surface area contributed by atoms with Gasteiger partial charge in [-0.1, -0.05) is 0 Å². The van der Waals surface area contributed by atoms with Crippen molar-refractivity contribution in [2.45, 2.75) is 0 Å². The van der Waals surface area contributed by atoms with E-state index in [4.69, 9.17) is 0 Å².